The predicted octanol–water partition coefficient (Wildman–Crippen LogP) is 3.87. The molecule has 0 spiro atoms. The number of halogens is 1. The van der Waals surface area contributed by atoms with Gasteiger partial charge in [0.25, 0.3) is 0 Å². The molecule has 2 aromatic rings. The maximum Gasteiger partial charge on any atom is 0.343 e. The van der Waals surface area contributed by atoms with Crippen LogP contribution < -0.4 is 9.47 Å². The normalized spacial score (nSPS) is 10.3. The highest BCUT2D eigenvalue weighted by molar-refractivity contribution is 9.10. The lowest BCUT2D eigenvalue weighted by Gasteiger charge is -2.09. The third-order valence-corrected chi connectivity index (χ3v) is 3.91. The number of rotatable bonds is 8. The molecule has 0 aliphatic rings. The molecular weight excluding hydrogens is 404 g/mol. The number of benzene rings is 2. The number of ether oxygens (including phenoxy) is 4. The first-order chi connectivity index (χ1) is 12.5. The van der Waals surface area contributed by atoms with E-state index in [1.807, 2.05) is 0 Å². The molecule has 0 heterocycles. The van der Waals surface area contributed by atoms with Gasteiger partial charge in [-0.05, 0) is 65.3 Å². The number of carbonyl (C=O) groups excluding carboxylic acids is 2. The zero-order chi connectivity index (χ0) is 18.9. The Labute approximate surface area is 160 Å². The van der Waals surface area contributed by atoms with Crippen molar-refractivity contribution in [1.29, 1.82) is 0 Å². The second kappa shape index (κ2) is 9.94. The summed E-state index contributed by atoms with van der Waals surface area (Å²) in [5.41, 5.74) is 0.761. The van der Waals surface area contributed by atoms with E-state index >= 15 is 0 Å². The lowest BCUT2D eigenvalue weighted by atomic mass is 10.2. The van der Waals surface area contributed by atoms with Gasteiger partial charge < -0.3 is 18.9 Å². The van der Waals surface area contributed by atoms with E-state index < -0.39 is 11.9 Å². The van der Waals surface area contributed by atoms with Gasteiger partial charge in [-0.2, -0.15) is 0 Å². The Hall–Kier alpha value is -2.38. The van der Waals surface area contributed by atoms with Crippen LogP contribution in [0.15, 0.2) is 46.9 Å². The van der Waals surface area contributed by atoms with Crippen LogP contribution in [0, 0.1) is 0 Å². The van der Waals surface area contributed by atoms with E-state index in [2.05, 4.69) is 15.9 Å². The van der Waals surface area contributed by atoms with Gasteiger partial charge in [0, 0.05) is 7.11 Å². The van der Waals surface area contributed by atoms with Crippen LogP contribution in [0.5, 0.6) is 11.5 Å². The van der Waals surface area contributed by atoms with Crippen LogP contribution in [0.4, 0.5) is 0 Å². The third kappa shape index (κ3) is 5.57. The fraction of sp³-hybridized carbons (Fsp3) is 0.263. The summed E-state index contributed by atoms with van der Waals surface area (Å²) in [6, 6.07) is 11.1. The van der Waals surface area contributed by atoms with Crippen molar-refractivity contribution in [3.8, 4) is 11.5 Å². The van der Waals surface area contributed by atoms with Crippen molar-refractivity contribution < 1.29 is 28.5 Å². The minimum atomic E-state index is -0.516. The maximum atomic E-state index is 12.3. The summed E-state index contributed by atoms with van der Waals surface area (Å²) in [5.74, 6) is 0.00776. The molecule has 2 aromatic carbocycles. The molecule has 2 rings (SSSR count). The molecule has 0 atom stereocenters. The molecule has 0 fully saturated rings. The van der Waals surface area contributed by atoms with E-state index in [4.69, 9.17) is 18.9 Å². The highest BCUT2D eigenvalue weighted by atomic mass is 79.9. The van der Waals surface area contributed by atoms with Crippen molar-refractivity contribution in [2.75, 3.05) is 26.9 Å². The molecule has 7 heteroatoms. The van der Waals surface area contributed by atoms with Crippen molar-refractivity contribution in [2.24, 2.45) is 0 Å². The van der Waals surface area contributed by atoms with Crippen LogP contribution >= 0.6 is 15.9 Å². The Morgan fingerprint density at radius 2 is 1.65 bits per heavy atom. The van der Waals surface area contributed by atoms with Crippen LogP contribution in [0.3, 0.4) is 0 Å². The quantitative estimate of drug-likeness (QED) is 0.365. The van der Waals surface area contributed by atoms with Gasteiger partial charge in [0.15, 0.2) is 0 Å². The average molecular weight is 423 g/mol. The average Bonchev–Trinajstić information content (AvgIpc) is 2.64. The molecule has 0 bridgehead atoms. The minimum absolute atomic E-state index is 0.301. The molecule has 0 saturated carbocycles. The molecule has 26 heavy (non-hydrogen) atoms. The smallest absolute Gasteiger partial charge is 0.343 e. The largest absolute Gasteiger partial charge is 0.490 e. The van der Waals surface area contributed by atoms with Crippen LogP contribution in [0.1, 0.15) is 27.6 Å². The first-order valence-corrected chi connectivity index (χ1v) is 8.75. The van der Waals surface area contributed by atoms with Gasteiger partial charge in [-0.3, -0.25) is 0 Å². The second-order valence-corrected chi connectivity index (χ2v) is 5.98. The highest BCUT2D eigenvalue weighted by Gasteiger charge is 2.13. The molecular formula is C19H19BrO6. The maximum absolute atomic E-state index is 12.3. The van der Waals surface area contributed by atoms with Gasteiger partial charge in [-0.1, -0.05) is 0 Å². The Morgan fingerprint density at radius 1 is 0.962 bits per heavy atom. The lowest BCUT2D eigenvalue weighted by Crippen LogP contribution is -2.10. The van der Waals surface area contributed by atoms with Crippen molar-refractivity contribution in [1.82, 2.24) is 0 Å². The first-order valence-electron chi connectivity index (χ1n) is 7.95. The van der Waals surface area contributed by atoms with Crippen molar-refractivity contribution in [3.05, 3.63) is 58.1 Å². The summed E-state index contributed by atoms with van der Waals surface area (Å²) in [4.78, 5) is 23.9. The van der Waals surface area contributed by atoms with Gasteiger partial charge in [0.2, 0.25) is 0 Å². The van der Waals surface area contributed by atoms with Gasteiger partial charge in [0.05, 0.1) is 28.8 Å². The Kier molecular flexibility index (Phi) is 7.62. The summed E-state index contributed by atoms with van der Waals surface area (Å²) < 4.78 is 21.3. The van der Waals surface area contributed by atoms with E-state index in [0.717, 1.165) is 0 Å². The van der Waals surface area contributed by atoms with E-state index in [0.29, 0.717) is 46.9 Å². The van der Waals surface area contributed by atoms with Crippen LogP contribution in [-0.4, -0.2) is 38.9 Å². The summed E-state index contributed by atoms with van der Waals surface area (Å²) in [6.07, 6.45) is 0. The topological polar surface area (TPSA) is 71.1 Å². The molecule has 0 radical (unpaired) electrons. The van der Waals surface area contributed by atoms with Crippen molar-refractivity contribution in [3.63, 3.8) is 0 Å². The van der Waals surface area contributed by atoms with Gasteiger partial charge in [-0.25, -0.2) is 9.59 Å². The summed E-state index contributed by atoms with van der Waals surface area (Å²) in [6.45, 7) is 2.92. The monoisotopic (exact) mass is 422 g/mol. The molecule has 138 valence electrons. The summed E-state index contributed by atoms with van der Waals surface area (Å²) in [5, 5.41) is 0. The highest BCUT2D eigenvalue weighted by Crippen LogP contribution is 2.26. The number of carbonyl (C=O) groups is 2. The zero-order valence-electron chi connectivity index (χ0n) is 14.5. The van der Waals surface area contributed by atoms with Crippen LogP contribution in [0.2, 0.25) is 0 Å². The number of esters is 2. The number of methoxy groups -OCH3 is 1. The molecule has 0 unspecified atom stereocenters. The van der Waals surface area contributed by atoms with E-state index in [1.165, 1.54) is 0 Å². The summed E-state index contributed by atoms with van der Waals surface area (Å²) >= 11 is 3.37. The fourth-order valence-corrected chi connectivity index (χ4v) is 2.51. The predicted molar refractivity (Wildman–Crippen MR) is 98.9 cm³/mol. The second-order valence-electron chi connectivity index (χ2n) is 5.12. The molecule has 0 N–H and O–H groups in total. The third-order valence-electron chi connectivity index (χ3n) is 3.29. The van der Waals surface area contributed by atoms with Crippen molar-refractivity contribution >= 4 is 27.9 Å². The van der Waals surface area contributed by atoms with Crippen LogP contribution in [0.25, 0.3) is 0 Å². The molecule has 0 saturated heterocycles. The lowest BCUT2D eigenvalue weighted by molar-refractivity contribution is 0.0526. The van der Waals surface area contributed by atoms with E-state index in [9.17, 15) is 9.59 Å². The molecule has 0 aromatic heterocycles. The van der Waals surface area contributed by atoms with Gasteiger partial charge in [0.1, 0.15) is 18.1 Å². The first kappa shape index (κ1) is 19.9. The van der Waals surface area contributed by atoms with Crippen molar-refractivity contribution in [2.45, 2.75) is 6.92 Å². The van der Waals surface area contributed by atoms with E-state index in [1.54, 1.807) is 56.5 Å². The summed E-state index contributed by atoms with van der Waals surface area (Å²) in [7, 11) is 1.59. The fourth-order valence-electron chi connectivity index (χ4n) is 2.02. The molecule has 0 aliphatic carbocycles. The Bertz CT molecular complexity index is 757. The van der Waals surface area contributed by atoms with Gasteiger partial charge >= 0.3 is 11.9 Å². The van der Waals surface area contributed by atoms with E-state index in [-0.39, 0.29) is 0 Å². The van der Waals surface area contributed by atoms with Gasteiger partial charge in [-0.15, -0.1) is 0 Å². The molecule has 0 aliphatic heterocycles. The van der Waals surface area contributed by atoms with Crippen LogP contribution in [-0.2, 0) is 9.47 Å². The standard InChI is InChI=1S/C19H19BrO6/c1-3-24-18(21)13-4-7-15(8-5-13)26-19(22)14-6-9-17(16(20)12-14)25-11-10-23-2/h4-9,12H,3,10-11H2,1-2H3. The Morgan fingerprint density at radius 3 is 2.27 bits per heavy atom. The zero-order valence-corrected chi connectivity index (χ0v) is 16.1. The SMILES string of the molecule is CCOC(=O)c1ccc(OC(=O)c2ccc(OCCOC)c(Br)c2)cc1. The Balaban J connectivity index is 2.01. The molecule has 0 amide bonds. The molecule has 6 nitrogen and oxygen atoms in total. The number of hydrogen-bond acceptors (Lipinski definition) is 6. The minimum Gasteiger partial charge on any atom is -0.490 e. The number of hydrogen-bond donors (Lipinski definition) is 0.